The van der Waals surface area contributed by atoms with Crippen molar-refractivity contribution < 1.29 is 0 Å². The molecule has 0 heterocycles. The zero-order chi connectivity index (χ0) is 9.56. The van der Waals surface area contributed by atoms with Gasteiger partial charge in [-0.15, -0.1) is 0 Å². The third-order valence-electron chi connectivity index (χ3n) is 2.93. The smallest absolute Gasteiger partial charge is 0.00622 e. The molecule has 0 saturated heterocycles. The van der Waals surface area contributed by atoms with Crippen LogP contribution in [-0.2, 0) is 0 Å². The second-order valence-electron chi connectivity index (χ2n) is 4.08. The summed E-state index contributed by atoms with van der Waals surface area (Å²) in [6.07, 6.45) is 4.08. The Hall–Kier alpha value is 0.480. The fraction of sp³-hybridized carbons (Fsp3) is 1.00. The van der Waals surface area contributed by atoms with Gasteiger partial charge in [0.15, 0.2) is 0 Å². The van der Waals surface area contributed by atoms with Crippen molar-refractivity contribution in [1.29, 1.82) is 0 Å². The molecule has 0 aliphatic heterocycles. The number of hydrogen-bond donors (Lipinski definition) is 0. The van der Waals surface area contributed by atoms with E-state index in [1.54, 1.807) is 0 Å². The molecule has 74 valence electrons. The first kappa shape index (κ1) is 12.5. The molecule has 1 atom stereocenters. The Bertz CT molecular complexity index is 95.2. The largest absolute Gasteiger partial charge is 0.0925 e. The maximum atomic E-state index is 3.60. The van der Waals surface area contributed by atoms with Gasteiger partial charge in [0, 0.05) is 5.33 Å². The van der Waals surface area contributed by atoms with E-state index in [4.69, 9.17) is 0 Å². The topological polar surface area (TPSA) is 0 Å². The maximum absolute atomic E-state index is 3.60. The Morgan fingerprint density at radius 1 is 1.08 bits per heavy atom. The Morgan fingerprint density at radius 3 is 1.83 bits per heavy atom. The van der Waals surface area contributed by atoms with Gasteiger partial charge in [0.1, 0.15) is 0 Å². The van der Waals surface area contributed by atoms with Gasteiger partial charge in [-0.2, -0.15) is 0 Å². The normalized spacial score (nSPS) is 14.2. The molecule has 0 aromatic carbocycles. The molecule has 0 N–H and O–H groups in total. The van der Waals surface area contributed by atoms with Crippen molar-refractivity contribution in [2.75, 3.05) is 5.33 Å². The first-order valence-corrected chi connectivity index (χ1v) is 6.33. The Labute approximate surface area is 86.3 Å². The summed E-state index contributed by atoms with van der Waals surface area (Å²) >= 11 is 3.60. The van der Waals surface area contributed by atoms with Gasteiger partial charge in [0.05, 0.1) is 0 Å². The highest BCUT2D eigenvalue weighted by atomic mass is 79.9. The molecule has 0 rings (SSSR count). The quantitative estimate of drug-likeness (QED) is 0.595. The van der Waals surface area contributed by atoms with Crippen LogP contribution < -0.4 is 0 Å². The second kappa shape index (κ2) is 6.94. The first-order valence-electron chi connectivity index (χ1n) is 5.21. The summed E-state index contributed by atoms with van der Waals surface area (Å²) in [5, 5.41) is 1.17. The second-order valence-corrected chi connectivity index (χ2v) is 4.72. The van der Waals surface area contributed by atoms with Crippen LogP contribution in [0.1, 0.15) is 47.0 Å². The fourth-order valence-electron chi connectivity index (χ4n) is 1.56. The van der Waals surface area contributed by atoms with E-state index in [9.17, 15) is 0 Å². The van der Waals surface area contributed by atoms with Gasteiger partial charge in [-0.3, -0.25) is 0 Å². The highest BCUT2D eigenvalue weighted by Crippen LogP contribution is 2.25. The average molecular weight is 235 g/mol. The van der Waals surface area contributed by atoms with E-state index in [-0.39, 0.29) is 0 Å². The lowest BCUT2D eigenvalue weighted by Crippen LogP contribution is -2.15. The highest BCUT2D eigenvalue weighted by Gasteiger charge is 2.15. The number of halogens is 1. The van der Waals surface area contributed by atoms with Crippen LogP contribution in [0.3, 0.4) is 0 Å². The number of rotatable bonds is 6. The lowest BCUT2D eigenvalue weighted by molar-refractivity contribution is 0.313. The molecule has 1 heteroatoms. The van der Waals surface area contributed by atoms with Crippen LogP contribution in [-0.4, -0.2) is 5.33 Å². The van der Waals surface area contributed by atoms with Gasteiger partial charge >= 0.3 is 0 Å². The molecule has 0 aliphatic carbocycles. The lowest BCUT2D eigenvalue weighted by Gasteiger charge is -2.23. The minimum absolute atomic E-state index is 0.824. The third kappa shape index (κ3) is 4.49. The van der Waals surface area contributed by atoms with Gasteiger partial charge in [-0.05, 0) is 24.2 Å². The van der Waals surface area contributed by atoms with Crippen molar-refractivity contribution in [1.82, 2.24) is 0 Å². The molecule has 0 spiro atoms. The van der Waals surface area contributed by atoms with Gasteiger partial charge in [0.25, 0.3) is 0 Å². The van der Waals surface area contributed by atoms with Gasteiger partial charge in [-0.25, -0.2) is 0 Å². The standard InChI is InChI=1S/C11H23Br/c1-5-10(6-2)7-11(8-12)9(3)4/h9-11H,5-8H2,1-4H3. The molecule has 12 heavy (non-hydrogen) atoms. The molecule has 0 nitrogen and oxygen atoms in total. The molecule has 0 aliphatic rings. The van der Waals surface area contributed by atoms with Crippen LogP contribution in [0.4, 0.5) is 0 Å². The van der Waals surface area contributed by atoms with Crippen LogP contribution in [0.15, 0.2) is 0 Å². The summed E-state index contributed by atoms with van der Waals surface area (Å²) in [5.74, 6) is 2.63. The molecule has 0 fully saturated rings. The zero-order valence-electron chi connectivity index (χ0n) is 8.94. The minimum atomic E-state index is 0.824. The Balaban J connectivity index is 3.82. The average Bonchev–Trinajstić information content (AvgIpc) is 2.06. The lowest BCUT2D eigenvalue weighted by atomic mass is 9.85. The molecule has 0 amide bonds. The van der Waals surface area contributed by atoms with Gasteiger partial charge in [-0.1, -0.05) is 56.5 Å². The molecular formula is C11H23Br. The van der Waals surface area contributed by atoms with Crippen molar-refractivity contribution in [2.45, 2.75) is 47.0 Å². The number of hydrogen-bond acceptors (Lipinski definition) is 0. The third-order valence-corrected chi connectivity index (χ3v) is 3.76. The molecule has 0 bridgehead atoms. The maximum Gasteiger partial charge on any atom is 0.00622 e. The molecule has 1 unspecified atom stereocenters. The predicted molar refractivity (Wildman–Crippen MR) is 60.8 cm³/mol. The summed E-state index contributed by atoms with van der Waals surface area (Å²) in [7, 11) is 0. The van der Waals surface area contributed by atoms with Gasteiger partial charge in [0.2, 0.25) is 0 Å². The van der Waals surface area contributed by atoms with E-state index in [0.717, 1.165) is 17.8 Å². The zero-order valence-corrected chi connectivity index (χ0v) is 10.5. The van der Waals surface area contributed by atoms with Crippen molar-refractivity contribution in [2.24, 2.45) is 17.8 Å². The monoisotopic (exact) mass is 234 g/mol. The summed E-state index contributed by atoms with van der Waals surface area (Å²) in [5.41, 5.74) is 0. The van der Waals surface area contributed by atoms with E-state index >= 15 is 0 Å². The van der Waals surface area contributed by atoms with Crippen molar-refractivity contribution in [3.8, 4) is 0 Å². The number of alkyl halides is 1. The predicted octanol–water partition coefficient (Wildman–Crippen LogP) is 4.48. The summed E-state index contributed by atoms with van der Waals surface area (Å²) in [6, 6.07) is 0. The van der Waals surface area contributed by atoms with Crippen molar-refractivity contribution in [3.05, 3.63) is 0 Å². The molecule has 0 aromatic rings. The van der Waals surface area contributed by atoms with Crippen LogP contribution in [0.5, 0.6) is 0 Å². The highest BCUT2D eigenvalue weighted by molar-refractivity contribution is 9.09. The summed E-state index contributed by atoms with van der Waals surface area (Å²) < 4.78 is 0. The SMILES string of the molecule is CCC(CC)CC(CBr)C(C)C. The first-order chi connectivity index (χ1) is 5.65. The summed E-state index contributed by atoms with van der Waals surface area (Å²) in [4.78, 5) is 0. The van der Waals surface area contributed by atoms with Gasteiger partial charge < -0.3 is 0 Å². The van der Waals surface area contributed by atoms with Crippen LogP contribution in [0.2, 0.25) is 0 Å². The van der Waals surface area contributed by atoms with Crippen LogP contribution >= 0.6 is 15.9 Å². The molecular weight excluding hydrogens is 212 g/mol. The Morgan fingerprint density at radius 2 is 1.58 bits per heavy atom. The molecule has 0 saturated carbocycles. The van der Waals surface area contributed by atoms with E-state index in [0.29, 0.717) is 0 Å². The van der Waals surface area contributed by atoms with E-state index in [1.807, 2.05) is 0 Å². The Kier molecular flexibility index (Phi) is 7.22. The van der Waals surface area contributed by atoms with E-state index in [2.05, 4.69) is 43.6 Å². The van der Waals surface area contributed by atoms with E-state index < -0.39 is 0 Å². The summed E-state index contributed by atoms with van der Waals surface area (Å²) in [6.45, 7) is 9.27. The van der Waals surface area contributed by atoms with Crippen LogP contribution in [0, 0.1) is 17.8 Å². The van der Waals surface area contributed by atoms with Crippen molar-refractivity contribution >= 4 is 15.9 Å². The van der Waals surface area contributed by atoms with E-state index in [1.165, 1.54) is 24.6 Å². The van der Waals surface area contributed by atoms with Crippen LogP contribution in [0.25, 0.3) is 0 Å². The minimum Gasteiger partial charge on any atom is -0.0925 e. The fourth-order valence-corrected chi connectivity index (χ4v) is 2.58. The molecule has 0 radical (unpaired) electrons. The van der Waals surface area contributed by atoms with Crippen molar-refractivity contribution in [3.63, 3.8) is 0 Å². The molecule has 0 aromatic heterocycles.